The molecule has 0 saturated carbocycles. The van der Waals surface area contributed by atoms with Gasteiger partial charge < -0.3 is 39.7 Å². The number of fused-ring (bicyclic) bond motifs is 3. The van der Waals surface area contributed by atoms with E-state index in [4.69, 9.17) is 14.6 Å². The van der Waals surface area contributed by atoms with Crippen molar-refractivity contribution in [3.8, 4) is 11.6 Å². The summed E-state index contributed by atoms with van der Waals surface area (Å²) in [5.41, 5.74) is 1.26. The van der Waals surface area contributed by atoms with E-state index < -0.39 is 0 Å². The van der Waals surface area contributed by atoms with E-state index in [1.165, 1.54) is 18.4 Å². The first-order chi connectivity index (χ1) is 36.9. The molecule has 0 radical (unpaired) electrons. The Morgan fingerprint density at radius 1 is 0.649 bits per heavy atom. The van der Waals surface area contributed by atoms with Crippen molar-refractivity contribution in [1.29, 1.82) is 0 Å². The van der Waals surface area contributed by atoms with Crippen molar-refractivity contribution in [2.45, 2.75) is 143 Å². The molecule has 0 spiro atoms. The SMILES string of the molecule is C[C@@H](O)CCCCN1C(=O)COc2ccccc21.C[C@@H](O)CCCCN1CC(=O)N(c2ccccc2)C1=O.C[C@@H](O)CCCCOc1n[nH]c(=O)c2ccccc12.Cc1cnc2n(C)c(=O)n(CCCC[C@@H](C)O)c(=O)n12. The Kier molecular flexibility index (Phi) is 24.0. The number of benzene rings is 3. The van der Waals surface area contributed by atoms with Crippen LogP contribution in [0.15, 0.2) is 99.4 Å². The van der Waals surface area contributed by atoms with Crippen LogP contribution in [0.1, 0.15) is 110 Å². The Morgan fingerprint density at radius 2 is 1.21 bits per heavy atom. The van der Waals surface area contributed by atoms with Crippen LogP contribution in [0.3, 0.4) is 0 Å². The molecule has 21 heteroatoms. The summed E-state index contributed by atoms with van der Waals surface area (Å²) in [6.07, 6.45) is 9.97. The third kappa shape index (κ3) is 17.9. The molecule has 1 fully saturated rings. The summed E-state index contributed by atoms with van der Waals surface area (Å²) < 4.78 is 15.0. The van der Waals surface area contributed by atoms with E-state index in [2.05, 4.69) is 15.2 Å². The molecule has 2 aliphatic rings. The molecule has 77 heavy (non-hydrogen) atoms. The van der Waals surface area contributed by atoms with E-state index in [1.807, 2.05) is 48.5 Å². The lowest BCUT2D eigenvalue weighted by atomic mass is 10.1. The van der Waals surface area contributed by atoms with Gasteiger partial charge in [0, 0.05) is 32.4 Å². The number of aliphatic hydroxyl groups excluding tert-OH is 4. The smallest absolute Gasteiger partial charge is 0.339 e. The lowest BCUT2D eigenvalue weighted by Crippen LogP contribution is -2.43. The number of unbranched alkanes of at least 4 members (excludes halogenated alkanes) is 4. The molecule has 4 amide bonds. The van der Waals surface area contributed by atoms with E-state index in [1.54, 1.807) is 88.0 Å². The number of para-hydroxylation sites is 3. The van der Waals surface area contributed by atoms with Crippen molar-refractivity contribution in [2.75, 3.05) is 42.6 Å². The molecule has 6 aromatic rings. The van der Waals surface area contributed by atoms with E-state index in [0.29, 0.717) is 67.5 Å². The van der Waals surface area contributed by atoms with E-state index in [-0.39, 0.29) is 72.4 Å². The number of urea groups is 1. The number of anilines is 2. The van der Waals surface area contributed by atoms with Gasteiger partial charge in [0.2, 0.25) is 11.7 Å². The van der Waals surface area contributed by atoms with Crippen molar-refractivity contribution in [3.63, 3.8) is 0 Å². The number of aryl methyl sites for hydroxylation is 2. The molecule has 2 aliphatic heterocycles. The van der Waals surface area contributed by atoms with Crippen molar-refractivity contribution in [3.05, 3.63) is 122 Å². The molecular formula is C56H77N9O12. The van der Waals surface area contributed by atoms with Crippen molar-refractivity contribution >= 4 is 45.8 Å². The first-order valence-electron chi connectivity index (χ1n) is 26.5. The largest absolute Gasteiger partial charge is 0.482 e. The summed E-state index contributed by atoms with van der Waals surface area (Å²) in [4.78, 5) is 80.8. The number of aromatic nitrogens is 6. The topological polar surface area (TPSA) is 267 Å². The molecule has 3 aromatic heterocycles. The lowest BCUT2D eigenvalue weighted by Gasteiger charge is -2.29. The number of aromatic amines is 1. The third-order valence-electron chi connectivity index (χ3n) is 12.7. The van der Waals surface area contributed by atoms with Crippen LogP contribution in [-0.4, -0.2) is 129 Å². The van der Waals surface area contributed by atoms with Gasteiger partial charge in [-0.2, -0.15) is 0 Å². The second-order valence-electron chi connectivity index (χ2n) is 19.5. The molecule has 418 valence electrons. The van der Waals surface area contributed by atoms with Gasteiger partial charge in [0.05, 0.1) is 59.4 Å². The number of imide groups is 1. The zero-order chi connectivity index (χ0) is 56.0. The summed E-state index contributed by atoms with van der Waals surface area (Å²) in [5, 5.41) is 44.4. The molecule has 0 unspecified atom stereocenters. The maximum Gasteiger partial charge on any atom is 0.339 e. The van der Waals surface area contributed by atoms with Gasteiger partial charge in [-0.25, -0.2) is 38.3 Å². The summed E-state index contributed by atoms with van der Waals surface area (Å²) in [6.45, 7) is 11.2. The van der Waals surface area contributed by atoms with Crippen molar-refractivity contribution in [1.82, 2.24) is 33.6 Å². The number of imidazole rings is 1. The summed E-state index contributed by atoms with van der Waals surface area (Å²) in [5.74, 6) is 1.40. The average Bonchev–Trinajstić information content (AvgIpc) is 3.96. The number of H-pyrrole nitrogens is 1. The molecule has 1 saturated heterocycles. The Balaban J connectivity index is 0.000000189. The Morgan fingerprint density at radius 3 is 1.84 bits per heavy atom. The number of ether oxygens (including phenoxy) is 2. The fourth-order valence-electron chi connectivity index (χ4n) is 8.58. The summed E-state index contributed by atoms with van der Waals surface area (Å²) in [6, 6.07) is 23.5. The molecule has 21 nitrogen and oxygen atoms in total. The quantitative estimate of drug-likeness (QED) is 0.0393. The fourth-order valence-corrected chi connectivity index (χ4v) is 8.58. The molecule has 0 bridgehead atoms. The maximum atomic E-state index is 12.3. The highest BCUT2D eigenvalue weighted by atomic mass is 16.5. The van der Waals surface area contributed by atoms with Crippen LogP contribution < -0.4 is 36.2 Å². The standard InChI is InChI=1S/C15H20N2O3.C14H18N2O3.C14H19NO3.C13H20N4O3/c1-12(18)7-5-6-10-16-11-14(19)17(15(16)20)13-8-3-2-4-9-13;1-10(17)6-4-5-9-19-14-12-8-3-2-7-11(12)13(18)15-16-14;1-11(16)6-4-5-9-15-12-7-2-3-8-13(12)18-10-14(15)17;1-9-8-14-11-15(3)12(19)16(13(20)17(9)11)7-5-4-6-10(2)18/h2-4,8-9,12,18H,5-7,10-11H2,1H3;2-3,7-8,10,17H,4-6,9H2,1H3,(H,15,18);2-3,7-8,11,16H,4-6,9-10H2,1H3;8,10,18H,4-7H2,1-3H3/t12-;10-;11-;10-/m1111/s1. The summed E-state index contributed by atoms with van der Waals surface area (Å²) in [7, 11) is 1.61. The van der Waals surface area contributed by atoms with Crippen LogP contribution in [0.4, 0.5) is 16.2 Å². The predicted molar refractivity (Wildman–Crippen MR) is 295 cm³/mol. The van der Waals surface area contributed by atoms with Gasteiger partial charge in [0.1, 0.15) is 12.3 Å². The number of aliphatic hydroxyl groups is 4. The number of carbonyl (C=O) groups is 3. The number of nitrogens with one attached hydrogen (secondary N) is 1. The van der Waals surface area contributed by atoms with Gasteiger partial charge in [-0.15, -0.1) is 5.10 Å². The minimum atomic E-state index is -0.356. The zero-order valence-electron chi connectivity index (χ0n) is 45.3. The highest BCUT2D eigenvalue weighted by molar-refractivity contribution is 6.19. The molecule has 4 atom stereocenters. The maximum absolute atomic E-state index is 12.3. The number of hydrogen-bond acceptors (Lipinski definition) is 14. The fraction of sp³-hybridized carbons (Fsp3) is 0.500. The highest BCUT2D eigenvalue weighted by Crippen LogP contribution is 2.31. The van der Waals surface area contributed by atoms with E-state index in [9.17, 15) is 44.1 Å². The first kappa shape index (κ1) is 60.7. The minimum Gasteiger partial charge on any atom is -0.482 e. The molecule has 3 aromatic carbocycles. The second-order valence-corrected chi connectivity index (χ2v) is 19.5. The first-order valence-corrected chi connectivity index (χ1v) is 26.5. The Hall–Kier alpha value is -7.20. The monoisotopic (exact) mass is 1070 g/mol. The number of hydrogen-bond donors (Lipinski definition) is 5. The van der Waals surface area contributed by atoms with Gasteiger partial charge in [0.25, 0.3) is 17.4 Å². The van der Waals surface area contributed by atoms with Gasteiger partial charge in [0.15, 0.2) is 6.61 Å². The Bertz CT molecular complexity index is 3000. The van der Waals surface area contributed by atoms with Gasteiger partial charge in [-0.3, -0.25) is 19.0 Å². The van der Waals surface area contributed by atoms with Crippen LogP contribution >= 0.6 is 0 Å². The van der Waals surface area contributed by atoms with Crippen molar-refractivity contribution in [2.24, 2.45) is 7.05 Å². The molecule has 8 rings (SSSR count). The van der Waals surface area contributed by atoms with E-state index >= 15 is 0 Å². The van der Waals surface area contributed by atoms with Gasteiger partial charge >= 0.3 is 17.4 Å². The number of rotatable bonds is 22. The molecular weight excluding hydrogens is 991 g/mol. The normalized spacial score (nSPS) is 14.6. The average molecular weight is 1070 g/mol. The van der Waals surface area contributed by atoms with Gasteiger partial charge in [-0.1, -0.05) is 42.5 Å². The number of nitrogens with zero attached hydrogens (tertiary/aromatic N) is 8. The zero-order valence-corrected chi connectivity index (χ0v) is 45.3. The number of carbonyl (C=O) groups excluding carboxylic acids is 3. The van der Waals surface area contributed by atoms with Crippen LogP contribution in [0.5, 0.6) is 11.6 Å². The van der Waals surface area contributed by atoms with E-state index in [0.717, 1.165) is 81.0 Å². The number of amides is 4. The Labute approximate surface area is 448 Å². The predicted octanol–water partition coefficient (Wildman–Crippen LogP) is 5.88. The summed E-state index contributed by atoms with van der Waals surface area (Å²) >= 11 is 0. The van der Waals surface area contributed by atoms with Crippen LogP contribution in [-0.2, 0) is 23.2 Å². The highest BCUT2D eigenvalue weighted by Gasteiger charge is 2.36. The van der Waals surface area contributed by atoms with Crippen LogP contribution in [0.2, 0.25) is 0 Å². The lowest BCUT2D eigenvalue weighted by molar-refractivity contribution is -0.121. The van der Waals surface area contributed by atoms with Crippen molar-refractivity contribution < 1.29 is 44.3 Å². The molecule has 5 heterocycles. The molecule has 0 aliphatic carbocycles. The van der Waals surface area contributed by atoms with Gasteiger partial charge in [-0.05, 0) is 148 Å². The third-order valence-corrected chi connectivity index (χ3v) is 12.7. The minimum absolute atomic E-state index is 0.00532. The molecule has 5 N–H and O–H groups in total. The van der Waals surface area contributed by atoms with Crippen LogP contribution in [0, 0.1) is 6.92 Å². The second kappa shape index (κ2) is 30.5. The van der Waals surface area contributed by atoms with Crippen LogP contribution in [0.25, 0.3) is 16.6 Å².